The van der Waals surface area contributed by atoms with Gasteiger partial charge >= 0.3 is 7.12 Å². The molecule has 3 aliphatic rings. The van der Waals surface area contributed by atoms with E-state index in [2.05, 4.69) is 4.40 Å². The van der Waals surface area contributed by atoms with Crippen molar-refractivity contribution in [3.05, 3.63) is 48.2 Å². The van der Waals surface area contributed by atoms with Crippen LogP contribution in [0.2, 0.25) is 0 Å². The summed E-state index contributed by atoms with van der Waals surface area (Å²) in [6.45, 7) is 8.52. The lowest BCUT2D eigenvalue weighted by Gasteiger charge is -2.32. The second-order valence-electron chi connectivity index (χ2n) is 8.03. The fourth-order valence-corrected chi connectivity index (χ4v) is 4.23. The normalized spacial score (nSPS) is 25.0. The number of nitrogens with zero attached hydrogens (tertiary/aromatic N) is 2. The Morgan fingerprint density at radius 1 is 1.07 bits per heavy atom. The van der Waals surface area contributed by atoms with E-state index in [1.807, 2.05) is 75.2 Å². The van der Waals surface area contributed by atoms with Gasteiger partial charge in [0.15, 0.2) is 5.84 Å². The van der Waals surface area contributed by atoms with Crippen molar-refractivity contribution in [3.8, 4) is 0 Å². The van der Waals surface area contributed by atoms with Crippen molar-refractivity contribution >= 4 is 34.0 Å². The molecule has 1 saturated heterocycles. The molecule has 0 amide bonds. The first kappa shape index (κ1) is 18.5. The van der Waals surface area contributed by atoms with Crippen molar-refractivity contribution < 1.29 is 17.7 Å². The number of allylic oxidation sites excluding steroid dienone is 2. The Labute approximate surface area is 160 Å². The van der Waals surface area contributed by atoms with Crippen molar-refractivity contribution in [1.29, 1.82) is 0 Å². The molecule has 8 heteroatoms. The van der Waals surface area contributed by atoms with E-state index in [4.69, 9.17) is 9.31 Å². The summed E-state index contributed by atoms with van der Waals surface area (Å²) in [5.74, 6) is 0.516. The van der Waals surface area contributed by atoms with Crippen molar-refractivity contribution in [2.24, 2.45) is 4.40 Å². The molecule has 27 heavy (non-hydrogen) atoms. The molecule has 3 heterocycles. The van der Waals surface area contributed by atoms with E-state index in [9.17, 15) is 8.42 Å². The molecule has 0 aliphatic carbocycles. The van der Waals surface area contributed by atoms with Gasteiger partial charge in [0.2, 0.25) is 0 Å². The van der Waals surface area contributed by atoms with Crippen molar-refractivity contribution in [2.45, 2.75) is 38.9 Å². The van der Waals surface area contributed by atoms with Crippen LogP contribution < -0.4 is 5.46 Å². The second kappa shape index (κ2) is 6.05. The third-order valence-corrected chi connectivity index (χ3v) is 6.75. The zero-order valence-corrected chi connectivity index (χ0v) is 16.8. The lowest BCUT2D eigenvalue weighted by molar-refractivity contribution is 0.00578. The van der Waals surface area contributed by atoms with Crippen LogP contribution in [-0.4, -0.2) is 49.8 Å². The first-order valence-electron chi connectivity index (χ1n) is 9.02. The molecule has 1 aromatic rings. The fourth-order valence-electron chi connectivity index (χ4n) is 3.24. The van der Waals surface area contributed by atoms with Crippen LogP contribution in [0.15, 0.2) is 47.0 Å². The number of hydrogen-bond acceptors (Lipinski definition) is 5. The molecule has 0 bridgehead atoms. The maximum Gasteiger partial charge on any atom is 0.494 e. The molecule has 0 atom stereocenters. The maximum atomic E-state index is 11.9. The SMILES string of the molecule is CC1(C)OB(c2ccc(C3=CC=CN4CCS(=O)(=O)N=C34)cc2)OC1(C)C. The van der Waals surface area contributed by atoms with E-state index in [1.165, 1.54) is 0 Å². The topological polar surface area (TPSA) is 68.2 Å². The van der Waals surface area contributed by atoms with Gasteiger partial charge in [-0.3, -0.25) is 0 Å². The molecule has 1 aromatic carbocycles. The quantitative estimate of drug-likeness (QED) is 0.727. The average Bonchev–Trinajstić information content (AvgIpc) is 2.81. The van der Waals surface area contributed by atoms with Crippen molar-refractivity contribution in [3.63, 3.8) is 0 Å². The number of hydrogen-bond donors (Lipinski definition) is 0. The van der Waals surface area contributed by atoms with E-state index in [1.54, 1.807) is 0 Å². The highest BCUT2D eigenvalue weighted by Gasteiger charge is 2.51. The van der Waals surface area contributed by atoms with Crippen molar-refractivity contribution in [1.82, 2.24) is 4.90 Å². The van der Waals surface area contributed by atoms with Crippen LogP contribution in [-0.2, 0) is 19.3 Å². The predicted octanol–water partition coefficient (Wildman–Crippen LogP) is 1.94. The zero-order valence-electron chi connectivity index (χ0n) is 16.0. The van der Waals surface area contributed by atoms with Crippen LogP contribution in [0.1, 0.15) is 33.3 Å². The highest BCUT2D eigenvalue weighted by Crippen LogP contribution is 2.36. The summed E-state index contributed by atoms with van der Waals surface area (Å²) in [5, 5.41) is 0. The number of rotatable bonds is 2. The molecule has 3 aliphatic heterocycles. The summed E-state index contributed by atoms with van der Waals surface area (Å²) in [5.41, 5.74) is 1.85. The van der Waals surface area contributed by atoms with E-state index in [-0.39, 0.29) is 5.75 Å². The number of amidine groups is 1. The van der Waals surface area contributed by atoms with Gasteiger partial charge in [0.1, 0.15) is 0 Å². The number of benzene rings is 1. The fraction of sp³-hybridized carbons (Fsp3) is 0.421. The number of fused-ring (bicyclic) bond motifs is 1. The highest BCUT2D eigenvalue weighted by atomic mass is 32.2. The Morgan fingerprint density at radius 2 is 1.70 bits per heavy atom. The molecule has 1 fully saturated rings. The largest absolute Gasteiger partial charge is 0.494 e. The Morgan fingerprint density at radius 3 is 2.33 bits per heavy atom. The van der Waals surface area contributed by atoms with Gasteiger partial charge in [0.05, 0.1) is 17.0 Å². The first-order valence-corrected chi connectivity index (χ1v) is 10.6. The van der Waals surface area contributed by atoms with Crippen molar-refractivity contribution in [2.75, 3.05) is 12.3 Å². The minimum Gasteiger partial charge on any atom is -0.399 e. The monoisotopic (exact) mass is 386 g/mol. The van der Waals surface area contributed by atoms with Crippen LogP contribution in [0.4, 0.5) is 0 Å². The minimum absolute atomic E-state index is 0.0367. The predicted molar refractivity (Wildman–Crippen MR) is 107 cm³/mol. The second-order valence-corrected chi connectivity index (χ2v) is 9.78. The average molecular weight is 386 g/mol. The molecular formula is C19H23BN2O4S. The molecule has 6 nitrogen and oxygen atoms in total. The lowest BCUT2D eigenvalue weighted by atomic mass is 9.78. The summed E-state index contributed by atoms with van der Waals surface area (Å²) in [6, 6.07) is 7.82. The Kier molecular flexibility index (Phi) is 4.14. The molecule has 142 valence electrons. The minimum atomic E-state index is -3.41. The Balaban J connectivity index is 1.63. The van der Waals surface area contributed by atoms with E-state index in [0.29, 0.717) is 12.4 Å². The smallest absolute Gasteiger partial charge is 0.399 e. The highest BCUT2D eigenvalue weighted by molar-refractivity contribution is 7.90. The van der Waals surface area contributed by atoms with Gasteiger partial charge in [-0.1, -0.05) is 24.3 Å². The van der Waals surface area contributed by atoms with Crippen LogP contribution in [0.25, 0.3) is 5.57 Å². The summed E-state index contributed by atoms with van der Waals surface area (Å²) >= 11 is 0. The standard InChI is InChI=1S/C19H23BN2O4S/c1-18(2)19(3,4)26-20(25-18)15-9-7-14(8-10-15)16-6-5-11-22-12-13-27(23,24)21-17(16)22/h5-11H,12-13H2,1-4H3. The summed E-state index contributed by atoms with van der Waals surface area (Å²) in [6.07, 6.45) is 5.66. The Hall–Kier alpha value is -1.90. The molecule has 0 aromatic heterocycles. The van der Waals surface area contributed by atoms with Gasteiger partial charge in [-0.05, 0) is 50.9 Å². The third kappa shape index (κ3) is 3.26. The van der Waals surface area contributed by atoms with Crippen LogP contribution in [0.5, 0.6) is 0 Å². The van der Waals surface area contributed by atoms with Crippen LogP contribution >= 0.6 is 0 Å². The summed E-state index contributed by atoms with van der Waals surface area (Å²) < 4.78 is 40.0. The zero-order chi connectivity index (χ0) is 19.4. The van der Waals surface area contributed by atoms with Crippen LogP contribution in [0.3, 0.4) is 0 Å². The van der Waals surface area contributed by atoms with Gasteiger partial charge in [-0.25, -0.2) is 8.42 Å². The van der Waals surface area contributed by atoms with Crippen LogP contribution in [0, 0.1) is 0 Å². The molecule has 0 unspecified atom stereocenters. The molecule has 0 saturated carbocycles. The van der Waals surface area contributed by atoms with Gasteiger partial charge in [0.25, 0.3) is 10.0 Å². The maximum absolute atomic E-state index is 11.9. The van der Waals surface area contributed by atoms with E-state index >= 15 is 0 Å². The summed E-state index contributed by atoms with van der Waals surface area (Å²) in [4.78, 5) is 1.87. The lowest BCUT2D eigenvalue weighted by Crippen LogP contribution is -2.41. The molecule has 0 N–H and O–H groups in total. The summed E-state index contributed by atoms with van der Waals surface area (Å²) in [7, 11) is -3.83. The first-order chi connectivity index (χ1) is 12.6. The van der Waals surface area contributed by atoms with Gasteiger partial charge in [0, 0.05) is 18.3 Å². The van der Waals surface area contributed by atoms with Gasteiger partial charge in [-0.2, -0.15) is 0 Å². The molecule has 0 spiro atoms. The van der Waals surface area contributed by atoms with E-state index < -0.39 is 28.3 Å². The van der Waals surface area contributed by atoms with Gasteiger partial charge < -0.3 is 14.2 Å². The molecular weight excluding hydrogens is 363 g/mol. The Bertz CT molecular complexity index is 946. The molecule has 0 radical (unpaired) electrons. The van der Waals surface area contributed by atoms with Gasteiger partial charge in [-0.15, -0.1) is 4.40 Å². The molecule has 4 rings (SSSR count). The van der Waals surface area contributed by atoms with E-state index in [0.717, 1.165) is 16.6 Å². The third-order valence-electron chi connectivity index (χ3n) is 5.60. The number of sulfonamides is 1.